The molecule has 0 amide bonds. The number of carbonyl (C=O) groups excluding carboxylic acids is 1. The Morgan fingerprint density at radius 3 is 2.48 bits per heavy atom. The lowest BCUT2D eigenvalue weighted by molar-refractivity contribution is -0.309. The van der Waals surface area contributed by atoms with Crippen LogP contribution >= 0.6 is 0 Å². The van der Waals surface area contributed by atoms with Crippen molar-refractivity contribution in [2.24, 2.45) is 0 Å². The monoisotopic (exact) mass is 457 g/mol. The van der Waals surface area contributed by atoms with Gasteiger partial charge in [-0.05, 0) is 29.3 Å². The Hall–Kier alpha value is -3.46. The fourth-order valence-corrected chi connectivity index (χ4v) is 3.24. The molecule has 0 bridgehead atoms. The third-order valence-corrected chi connectivity index (χ3v) is 4.97. The average Bonchev–Trinajstić information content (AvgIpc) is 2.83. The lowest BCUT2D eigenvalue weighted by Crippen LogP contribution is -2.60. The van der Waals surface area contributed by atoms with Gasteiger partial charge in [0.15, 0.2) is 30.0 Å². The van der Waals surface area contributed by atoms with Crippen molar-refractivity contribution >= 4 is 12.0 Å². The second-order valence-electron chi connectivity index (χ2n) is 7.25. The molecule has 1 fully saturated rings. The smallest absolute Gasteiger partial charge is 0.331 e. The highest BCUT2D eigenvalue weighted by Gasteiger charge is 2.47. The number of aliphatic hydroxyl groups is 3. The lowest BCUT2D eigenvalue weighted by atomic mass is 9.98. The van der Waals surface area contributed by atoms with Crippen molar-refractivity contribution < 1.29 is 44.5 Å². The Balaban J connectivity index is 1.67. The molecule has 0 aliphatic carbocycles. The third kappa shape index (κ3) is 5.87. The summed E-state index contributed by atoms with van der Waals surface area (Å²) in [6.07, 6.45) is -6.29. The molecule has 6 atom stereocenters. The van der Waals surface area contributed by atoms with Gasteiger partial charge in [-0.3, -0.25) is 0 Å². The normalized spacial score (nSPS) is 25.9. The minimum absolute atomic E-state index is 0.320. The summed E-state index contributed by atoms with van der Waals surface area (Å²) in [7, 11) is 0. The Morgan fingerprint density at radius 2 is 1.85 bits per heavy atom. The predicted octanol–water partition coefficient (Wildman–Crippen LogP) is 0.743. The second-order valence-corrected chi connectivity index (χ2v) is 7.25. The first kappa shape index (κ1) is 24.2. The topological polar surface area (TPSA) is 170 Å². The molecule has 0 saturated carbocycles. The number of rotatable bonds is 7. The minimum Gasteiger partial charge on any atom is -0.504 e. The number of hydrogen-bond donors (Lipinski definition) is 5. The molecule has 10 heteroatoms. The summed E-state index contributed by atoms with van der Waals surface area (Å²) in [5, 5.41) is 58.8. The van der Waals surface area contributed by atoms with Gasteiger partial charge in [0.1, 0.15) is 18.3 Å². The highest BCUT2D eigenvalue weighted by molar-refractivity contribution is 5.87. The van der Waals surface area contributed by atoms with Crippen LogP contribution in [0.25, 0.3) is 6.08 Å². The van der Waals surface area contributed by atoms with Crippen LogP contribution in [-0.2, 0) is 19.0 Å². The summed E-state index contributed by atoms with van der Waals surface area (Å²) in [4.78, 5) is 12.2. The van der Waals surface area contributed by atoms with Gasteiger partial charge in [0, 0.05) is 6.08 Å². The molecule has 0 unspecified atom stereocenters. The van der Waals surface area contributed by atoms with Crippen molar-refractivity contribution in [3.05, 3.63) is 65.7 Å². The number of hydrogen-bond acceptors (Lipinski definition) is 10. The molecule has 2 aromatic rings. The van der Waals surface area contributed by atoms with Gasteiger partial charge in [-0.2, -0.15) is 5.26 Å². The average molecular weight is 457 g/mol. The number of phenols is 2. The number of nitrogens with zero attached hydrogens (tertiary/aromatic N) is 1. The van der Waals surface area contributed by atoms with Crippen LogP contribution in [-0.4, -0.2) is 68.8 Å². The molecule has 1 heterocycles. The van der Waals surface area contributed by atoms with Gasteiger partial charge in [0.05, 0.1) is 12.7 Å². The fourth-order valence-electron chi connectivity index (χ4n) is 3.24. The molecular formula is C23H23NO9. The summed E-state index contributed by atoms with van der Waals surface area (Å²) in [6.45, 7) is -0.667. The van der Waals surface area contributed by atoms with Crippen molar-refractivity contribution in [1.82, 2.24) is 0 Å². The summed E-state index contributed by atoms with van der Waals surface area (Å²) >= 11 is 0. The molecule has 3 rings (SSSR count). The van der Waals surface area contributed by atoms with E-state index in [1.165, 1.54) is 24.3 Å². The molecule has 1 aliphatic rings. The Morgan fingerprint density at radius 1 is 1.12 bits per heavy atom. The zero-order valence-electron chi connectivity index (χ0n) is 17.3. The van der Waals surface area contributed by atoms with Crippen LogP contribution in [0.5, 0.6) is 11.5 Å². The van der Waals surface area contributed by atoms with E-state index in [0.717, 1.165) is 6.08 Å². The highest BCUT2D eigenvalue weighted by atomic mass is 16.7. The van der Waals surface area contributed by atoms with Crippen molar-refractivity contribution in [2.45, 2.75) is 36.8 Å². The van der Waals surface area contributed by atoms with Crippen molar-refractivity contribution in [3.8, 4) is 17.6 Å². The molecule has 174 valence electrons. The molecule has 33 heavy (non-hydrogen) atoms. The van der Waals surface area contributed by atoms with Crippen LogP contribution in [0.2, 0.25) is 0 Å². The van der Waals surface area contributed by atoms with Crippen LogP contribution in [0.1, 0.15) is 17.2 Å². The van der Waals surface area contributed by atoms with E-state index in [4.69, 9.17) is 14.2 Å². The van der Waals surface area contributed by atoms with Crippen molar-refractivity contribution in [2.75, 3.05) is 6.61 Å². The van der Waals surface area contributed by atoms with Crippen molar-refractivity contribution in [3.63, 3.8) is 0 Å². The van der Waals surface area contributed by atoms with Crippen LogP contribution < -0.4 is 0 Å². The maximum atomic E-state index is 12.2. The second kappa shape index (κ2) is 10.9. The fraction of sp³-hybridized carbons (Fsp3) is 0.304. The highest BCUT2D eigenvalue weighted by Crippen LogP contribution is 2.29. The van der Waals surface area contributed by atoms with E-state index < -0.39 is 49.4 Å². The third-order valence-electron chi connectivity index (χ3n) is 4.97. The maximum absolute atomic E-state index is 12.2. The number of nitriles is 1. The van der Waals surface area contributed by atoms with Gasteiger partial charge in [0.2, 0.25) is 0 Å². The zero-order chi connectivity index (χ0) is 24.0. The van der Waals surface area contributed by atoms with Crippen LogP contribution in [0, 0.1) is 11.3 Å². The maximum Gasteiger partial charge on any atom is 0.331 e. The number of benzene rings is 2. The van der Waals surface area contributed by atoms with E-state index in [1.807, 2.05) is 6.07 Å². The van der Waals surface area contributed by atoms with Gasteiger partial charge >= 0.3 is 5.97 Å². The van der Waals surface area contributed by atoms with E-state index in [0.29, 0.717) is 11.1 Å². The first-order chi connectivity index (χ1) is 15.8. The van der Waals surface area contributed by atoms with Crippen LogP contribution in [0.3, 0.4) is 0 Å². The molecule has 5 N–H and O–H groups in total. The van der Waals surface area contributed by atoms with Crippen molar-refractivity contribution in [1.29, 1.82) is 5.26 Å². The number of aromatic hydroxyl groups is 2. The lowest BCUT2D eigenvalue weighted by Gasteiger charge is -2.41. The summed E-state index contributed by atoms with van der Waals surface area (Å²) in [6, 6.07) is 14.3. The number of ether oxygens (including phenoxy) is 3. The molecule has 0 aromatic heterocycles. The Kier molecular flexibility index (Phi) is 8.00. The van der Waals surface area contributed by atoms with Gasteiger partial charge in [-0.1, -0.05) is 36.4 Å². The van der Waals surface area contributed by atoms with E-state index >= 15 is 0 Å². The van der Waals surface area contributed by atoms with Gasteiger partial charge in [-0.15, -0.1) is 0 Å². The van der Waals surface area contributed by atoms with Gasteiger partial charge in [-0.25, -0.2) is 4.79 Å². The molecule has 1 aliphatic heterocycles. The molecular weight excluding hydrogens is 434 g/mol. The van der Waals surface area contributed by atoms with E-state index in [9.17, 15) is 35.6 Å². The Labute approximate surface area is 189 Å². The quantitative estimate of drug-likeness (QED) is 0.227. The molecule has 0 radical (unpaired) electrons. The summed E-state index contributed by atoms with van der Waals surface area (Å²) in [5.74, 6) is -1.61. The standard InChI is InChI=1S/C23H23NO9/c24-11-17(14-4-2-1-3-5-14)31-23-21(30)20(29)22(18(12-25)32-23)33-19(28)9-7-13-6-8-15(26)16(27)10-13/h1-10,17-18,20-23,25-27,29-30H,12H2/b9-7+/t17-,18+,20+,21+,22+,23+/m0/s1. The summed E-state index contributed by atoms with van der Waals surface area (Å²) < 4.78 is 16.2. The van der Waals surface area contributed by atoms with Crippen LogP contribution in [0.15, 0.2) is 54.6 Å². The predicted molar refractivity (Wildman–Crippen MR) is 112 cm³/mol. The van der Waals surface area contributed by atoms with Gasteiger partial charge in [0.25, 0.3) is 0 Å². The molecule has 1 saturated heterocycles. The number of phenolic OH excluding ortho intramolecular Hbond substituents is 2. The van der Waals surface area contributed by atoms with Crippen LogP contribution in [0.4, 0.5) is 0 Å². The first-order valence-electron chi connectivity index (χ1n) is 9.97. The summed E-state index contributed by atoms with van der Waals surface area (Å²) in [5.41, 5.74) is 0.892. The molecule has 0 spiro atoms. The van der Waals surface area contributed by atoms with E-state index in [2.05, 4.69) is 0 Å². The Bertz CT molecular complexity index is 1020. The SMILES string of the molecule is N#C[C@H](O[C@@H]1O[C@H](CO)[C@@H](OC(=O)/C=C/c2ccc(O)c(O)c2)[C@H](O)[C@H]1O)c1ccccc1. The minimum atomic E-state index is -1.68. The largest absolute Gasteiger partial charge is 0.504 e. The van der Waals surface area contributed by atoms with E-state index in [1.54, 1.807) is 30.3 Å². The number of esters is 1. The number of carbonyl (C=O) groups is 1. The molecule has 10 nitrogen and oxygen atoms in total. The molecule has 2 aromatic carbocycles. The number of aliphatic hydroxyl groups excluding tert-OH is 3. The zero-order valence-corrected chi connectivity index (χ0v) is 17.3. The first-order valence-corrected chi connectivity index (χ1v) is 9.97. The van der Waals surface area contributed by atoms with Gasteiger partial charge < -0.3 is 39.7 Å². The van der Waals surface area contributed by atoms with E-state index in [-0.39, 0.29) is 11.5 Å².